The van der Waals surface area contributed by atoms with Crippen LogP contribution in [0.15, 0.2) is 75.6 Å². The molecule has 0 fully saturated rings. The van der Waals surface area contributed by atoms with Crippen LogP contribution in [0.1, 0.15) is 42.1 Å². The topological polar surface area (TPSA) is 67.2 Å². The molecular weight excluding hydrogens is 486 g/mol. The van der Waals surface area contributed by atoms with Crippen molar-refractivity contribution < 1.29 is 9.21 Å². The summed E-state index contributed by atoms with van der Waals surface area (Å²) in [6.07, 6.45) is 1.08. The zero-order chi connectivity index (χ0) is 22.7. The molecule has 162 valence electrons. The van der Waals surface area contributed by atoms with Crippen LogP contribution in [0.5, 0.6) is 0 Å². The first-order valence-electron chi connectivity index (χ1n) is 10.3. The number of amides is 1. The number of anilines is 1. The van der Waals surface area contributed by atoms with Crippen molar-refractivity contribution in [3.8, 4) is 11.5 Å². The quantitative estimate of drug-likeness (QED) is 0.287. The number of benzene rings is 3. The Morgan fingerprint density at radius 3 is 2.62 bits per heavy atom. The van der Waals surface area contributed by atoms with Gasteiger partial charge in [0.05, 0.1) is 0 Å². The van der Waals surface area contributed by atoms with Gasteiger partial charge in [-0.05, 0) is 84.7 Å². The number of oxazole rings is 1. The molecule has 1 heterocycles. The molecule has 7 heteroatoms. The van der Waals surface area contributed by atoms with Crippen LogP contribution in [0.25, 0.3) is 22.6 Å². The van der Waals surface area contributed by atoms with Gasteiger partial charge in [-0.25, -0.2) is 4.98 Å². The Hall–Kier alpha value is -3.03. The van der Waals surface area contributed by atoms with Gasteiger partial charge in [-0.2, -0.15) is 0 Å². The number of nitrogens with one attached hydrogen (secondary N) is 2. The van der Waals surface area contributed by atoms with Crippen LogP contribution in [-0.4, -0.2) is 16.0 Å². The lowest BCUT2D eigenvalue weighted by Gasteiger charge is -2.10. The van der Waals surface area contributed by atoms with Gasteiger partial charge < -0.3 is 9.73 Å². The number of thiocarbonyl (C=S) groups is 1. The molecule has 1 atom stereocenters. The standard InChI is InChI=1S/C25H22BrN3O2S/c1-3-15(2)17-9-12-22-21(14-17)28-24(31-22)16-7-10-20(11-8-16)27-25(32)29-23(30)18-5-4-6-19(26)13-18/h4-15H,3H2,1-2H3,(H2,27,29,30,32)/t15-/m1/s1. The number of fused-ring (bicyclic) bond motifs is 1. The van der Waals surface area contributed by atoms with E-state index in [4.69, 9.17) is 16.6 Å². The Morgan fingerprint density at radius 1 is 1.12 bits per heavy atom. The van der Waals surface area contributed by atoms with E-state index in [1.54, 1.807) is 18.2 Å². The molecule has 0 saturated heterocycles. The summed E-state index contributed by atoms with van der Waals surface area (Å²) in [5, 5.41) is 5.93. The van der Waals surface area contributed by atoms with Crippen LogP contribution in [0.3, 0.4) is 0 Å². The summed E-state index contributed by atoms with van der Waals surface area (Å²) >= 11 is 8.63. The van der Waals surface area contributed by atoms with Crippen LogP contribution in [0, 0.1) is 0 Å². The molecule has 5 nitrogen and oxygen atoms in total. The van der Waals surface area contributed by atoms with E-state index in [9.17, 15) is 4.79 Å². The van der Waals surface area contributed by atoms with Crippen molar-refractivity contribution in [1.82, 2.24) is 10.3 Å². The number of hydrogen-bond donors (Lipinski definition) is 2. The Balaban J connectivity index is 1.43. The molecule has 2 N–H and O–H groups in total. The maximum absolute atomic E-state index is 12.3. The smallest absolute Gasteiger partial charge is 0.257 e. The van der Waals surface area contributed by atoms with Gasteiger partial charge in [0, 0.05) is 21.3 Å². The highest BCUT2D eigenvalue weighted by Gasteiger charge is 2.12. The van der Waals surface area contributed by atoms with Crippen LogP contribution < -0.4 is 10.6 Å². The molecule has 32 heavy (non-hydrogen) atoms. The van der Waals surface area contributed by atoms with Crippen molar-refractivity contribution in [3.63, 3.8) is 0 Å². The van der Waals surface area contributed by atoms with E-state index in [1.165, 1.54) is 5.56 Å². The number of aromatic nitrogens is 1. The average molecular weight is 508 g/mol. The molecule has 1 aromatic heterocycles. The minimum absolute atomic E-state index is 0.224. The van der Waals surface area contributed by atoms with E-state index in [1.807, 2.05) is 36.4 Å². The summed E-state index contributed by atoms with van der Waals surface area (Å²) in [4.78, 5) is 17.0. The monoisotopic (exact) mass is 507 g/mol. The molecule has 0 radical (unpaired) electrons. The first-order chi connectivity index (χ1) is 15.4. The Bertz CT molecular complexity index is 1280. The highest BCUT2D eigenvalue weighted by atomic mass is 79.9. The van der Waals surface area contributed by atoms with Crippen molar-refractivity contribution in [2.75, 3.05) is 5.32 Å². The molecule has 4 aromatic rings. The summed E-state index contributed by atoms with van der Waals surface area (Å²) in [6.45, 7) is 4.38. The molecule has 4 rings (SSSR count). The van der Waals surface area contributed by atoms with Gasteiger partial charge in [-0.1, -0.05) is 41.9 Å². The van der Waals surface area contributed by atoms with Crippen molar-refractivity contribution in [2.24, 2.45) is 0 Å². The maximum Gasteiger partial charge on any atom is 0.257 e. The van der Waals surface area contributed by atoms with Crippen LogP contribution in [0.4, 0.5) is 5.69 Å². The van der Waals surface area contributed by atoms with Crippen molar-refractivity contribution in [1.29, 1.82) is 0 Å². The fourth-order valence-corrected chi connectivity index (χ4v) is 3.88. The second kappa shape index (κ2) is 9.63. The molecule has 0 unspecified atom stereocenters. The summed E-state index contributed by atoms with van der Waals surface area (Å²) < 4.78 is 6.77. The van der Waals surface area contributed by atoms with E-state index in [2.05, 4.69) is 57.5 Å². The van der Waals surface area contributed by atoms with Gasteiger partial charge in [-0.3, -0.25) is 10.1 Å². The van der Waals surface area contributed by atoms with E-state index >= 15 is 0 Å². The third-order valence-corrected chi connectivity index (χ3v) is 5.99. The minimum atomic E-state index is -0.274. The Morgan fingerprint density at radius 2 is 1.91 bits per heavy atom. The lowest BCUT2D eigenvalue weighted by atomic mass is 9.98. The number of rotatable bonds is 5. The predicted octanol–water partition coefficient (Wildman–Crippen LogP) is 6.90. The molecule has 0 aliphatic carbocycles. The lowest BCUT2D eigenvalue weighted by molar-refractivity contribution is 0.0977. The Kier molecular flexibility index (Phi) is 6.67. The third kappa shape index (κ3) is 5.06. The zero-order valence-corrected chi connectivity index (χ0v) is 20.1. The van der Waals surface area contributed by atoms with Crippen LogP contribution in [-0.2, 0) is 0 Å². The molecule has 3 aromatic carbocycles. The third-order valence-electron chi connectivity index (χ3n) is 5.30. The largest absolute Gasteiger partial charge is 0.436 e. The lowest BCUT2D eigenvalue weighted by Crippen LogP contribution is -2.34. The van der Waals surface area contributed by atoms with Gasteiger partial charge in [0.25, 0.3) is 5.91 Å². The van der Waals surface area contributed by atoms with Gasteiger partial charge >= 0.3 is 0 Å². The van der Waals surface area contributed by atoms with Gasteiger partial charge in [-0.15, -0.1) is 0 Å². The summed E-state index contributed by atoms with van der Waals surface area (Å²) in [7, 11) is 0. The Labute approximate surface area is 200 Å². The SMILES string of the molecule is CC[C@@H](C)c1ccc2oc(-c3ccc(NC(=S)NC(=O)c4cccc(Br)c4)cc3)nc2c1. The average Bonchev–Trinajstić information content (AvgIpc) is 3.22. The van der Waals surface area contributed by atoms with E-state index in [0.717, 1.165) is 33.2 Å². The summed E-state index contributed by atoms with van der Waals surface area (Å²) in [6, 6.07) is 20.8. The maximum atomic E-state index is 12.3. The normalized spacial score (nSPS) is 11.8. The minimum Gasteiger partial charge on any atom is -0.436 e. The van der Waals surface area contributed by atoms with E-state index < -0.39 is 0 Å². The molecular formula is C25H22BrN3O2S. The summed E-state index contributed by atoms with van der Waals surface area (Å²) in [5.74, 6) is 0.777. The van der Waals surface area contributed by atoms with Gasteiger partial charge in [0.2, 0.25) is 5.89 Å². The van der Waals surface area contributed by atoms with Gasteiger partial charge in [0.15, 0.2) is 10.7 Å². The van der Waals surface area contributed by atoms with Crippen molar-refractivity contribution in [3.05, 3.63) is 82.3 Å². The van der Waals surface area contributed by atoms with E-state index in [0.29, 0.717) is 17.4 Å². The first-order valence-corrected chi connectivity index (χ1v) is 11.5. The van der Waals surface area contributed by atoms with Crippen molar-refractivity contribution >= 4 is 56.0 Å². The number of nitrogens with zero attached hydrogens (tertiary/aromatic N) is 1. The fourth-order valence-electron chi connectivity index (χ4n) is 3.27. The predicted molar refractivity (Wildman–Crippen MR) is 136 cm³/mol. The molecule has 0 aliphatic heterocycles. The second-order valence-electron chi connectivity index (χ2n) is 7.55. The zero-order valence-electron chi connectivity index (χ0n) is 17.7. The molecule has 0 bridgehead atoms. The second-order valence-corrected chi connectivity index (χ2v) is 8.88. The number of carbonyl (C=O) groups is 1. The van der Waals surface area contributed by atoms with Crippen LogP contribution in [0.2, 0.25) is 0 Å². The summed E-state index contributed by atoms with van der Waals surface area (Å²) in [5.41, 5.74) is 5.02. The van der Waals surface area contributed by atoms with Crippen molar-refractivity contribution in [2.45, 2.75) is 26.2 Å². The molecule has 0 aliphatic rings. The number of carbonyl (C=O) groups excluding carboxylic acids is 1. The first kappa shape index (κ1) is 22.2. The number of halogens is 1. The fraction of sp³-hybridized carbons (Fsp3) is 0.160. The van der Waals surface area contributed by atoms with E-state index in [-0.39, 0.29) is 11.0 Å². The highest BCUT2D eigenvalue weighted by molar-refractivity contribution is 9.10. The van der Waals surface area contributed by atoms with Crippen LogP contribution >= 0.6 is 28.1 Å². The number of hydrogen-bond acceptors (Lipinski definition) is 4. The molecule has 1 amide bonds. The van der Waals surface area contributed by atoms with Gasteiger partial charge in [0.1, 0.15) is 5.52 Å². The highest BCUT2D eigenvalue weighted by Crippen LogP contribution is 2.28. The molecule has 0 spiro atoms. The molecule has 0 saturated carbocycles.